The molecule has 0 aliphatic carbocycles. The zero-order chi connectivity index (χ0) is 34.2. The first kappa shape index (κ1) is 33.6. The van der Waals surface area contributed by atoms with Crippen LogP contribution < -0.4 is 16.8 Å². The number of hydrogen-bond acceptors (Lipinski definition) is 19. The van der Waals surface area contributed by atoms with Gasteiger partial charge in [0.15, 0.2) is 47.5 Å². The molecule has 23 heteroatoms. The van der Waals surface area contributed by atoms with Crippen LogP contribution in [0.2, 0.25) is 0 Å². The van der Waals surface area contributed by atoms with Gasteiger partial charge in [-0.05, 0) is 24.6 Å². The SMILES string of the molecule is CNCCCC(=O)O[C@@H]1[C@@H]2O[P+](=O)OC[C@H]3O[C@@H](n4cnc5c(N)ncnc54)[C@H](C[P+](=O)OC[C@H]2O[C@H]1n1cnc2c(N)ncnc21)[C@@H]3O. The number of aliphatic hydroxyl groups excluding tert-OH is 1. The lowest BCUT2D eigenvalue weighted by molar-refractivity contribution is -0.158. The topological polar surface area (TPSA) is 278 Å². The number of aliphatic hydroxyl groups is 1. The summed E-state index contributed by atoms with van der Waals surface area (Å²) in [5.41, 5.74) is 13.2. The smallest absolute Gasteiger partial charge is 0.454 e. The molecule has 0 spiro atoms. The normalized spacial score (nSPS) is 30.9. The van der Waals surface area contributed by atoms with E-state index in [9.17, 15) is 19.0 Å². The predicted octanol–water partition coefficient (Wildman–Crippen LogP) is 0.346. The third-order valence-electron chi connectivity index (χ3n) is 8.48. The lowest BCUT2D eigenvalue weighted by Gasteiger charge is -2.22. The van der Waals surface area contributed by atoms with Crippen molar-refractivity contribution in [2.24, 2.45) is 5.92 Å². The van der Waals surface area contributed by atoms with Crippen molar-refractivity contribution in [3.05, 3.63) is 25.3 Å². The maximum Gasteiger partial charge on any atom is 0.698 e. The number of carbonyl (C=O) groups is 1. The van der Waals surface area contributed by atoms with Gasteiger partial charge < -0.3 is 36.1 Å². The Kier molecular flexibility index (Phi) is 9.69. The maximum atomic E-state index is 13.5. The van der Waals surface area contributed by atoms with E-state index in [-0.39, 0.29) is 48.6 Å². The van der Waals surface area contributed by atoms with Gasteiger partial charge in [-0.1, -0.05) is 0 Å². The van der Waals surface area contributed by atoms with Crippen LogP contribution >= 0.6 is 16.3 Å². The van der Waals surface area contributed by atoms with E-state index in [0.717, 1.165) is 0 Å². The highest BCUT2D eigenvalue weighted by Gasteiger charge is 2.56. The van der Waals surface area contributed by atoms with Crippen LogP contribution in [0.5, 0.6) is 0 Å². The summed E-state index contributed by atoms with van der Waals surface area (Å²) in [6, 6.07) is 0. The number of aromatic nitrogens is 8. The average molecular weight is 722 g/mol. The third-order valence-corrected chi connectivity index (χ3v) is 10.4. The lowest BCUT2D eigenvalue weighted by atomic mass is 10.0. The number of nitrogen functional groups attached to an aromatic ring is 2. The molecule has 0 amide bonds. The second-order valence-electron chi connectivity index (χ2n) is 11.5. The van der Waals surface area contributed by atoms with Crippen molar-refractivity contribution >= 4 is 56.2 Å². The molecule has 7 heterocycles. The number of rotatable bonds is 7. The Balaban J connectivity index is 1.17. The van der Waals surface area contributed by atoms with Gasteiger partial charge in [-0.25, -0.2) is 29.9 Å². The van der Waals surface area contributed by atoms with Crippen LogP contribution in [0, 0.1) is 5.92 Å². The van der Waals surface area contributed by atoms with E-state index in [0.29, 0.717) is 24.1 Å². The minimum absolute atomic E-state index is 0.0660. The van der Waals surface area contributed by atoms with Crippen molar-refractivity contribution < 1.29 is 46.8 Å². The van der Waals surface area contributed by atoms with Crippen LogP contribution in [-0.2, 0) is 41.7 Å². The molecule has 4 aromatic rings. The number of nitrogens with one attached hydrogen (secondary N) is 1. The minimum atomic E-state index is -2.92. The lowest BCUT2D eigenvalue weighted by Crippen LogP contribution is -2.38. The molecule has 49 heavy (non-hydrogen) atoms. The molecule has 3 aliphatic rings. The van der Waals surface area contributed by atoms with Crippen molar-refractivity contribution in [3.8, 4) is 0 Å². The van der Waals surface area contributed by atoms with Gasteiger partial charge in [0, 0.05) is 11.0 Å². The highest BCUT2D eigenvalue weighted by Crippen LogP contribution is 2.46. The Hall–Kier alpha value is -3.91. The number of nitrogens with two attached hydrogens (primary N) is 2. The number of imidazole rings is 2. The molecular weight excluding hydrogens is 688 g/mol. The summed E-state index contributed by atoms with van der Waals surface area (Å²) in [6.45, 7) is -0.142. The number of esters is 1. The fourth-order valence-corrected chi connectivity index (χ4v) is 8.05. The van der Waals surface area contributed by atoms with E-state index >= 15 is 0 Å². The van der Waals surface area contributed by atoms with Crippen molar-refractivity contribution in [1.29, 1.82) is 0 Å². The predicted molar refractivity (Wildman–Crippen MR) is 167 cm³/mol. The molecule has 21 nitrogen and oxygen atoms in total. The fraction of sp³-hybridized carbons (Fsp3) is 0.577. The molecule has 0 aromatic carbocycles. The summed E-state index contributed by atoms with van der Waals surface area (Å²) in [7, 11) is -3.62. The molecule has 2 unspecified atom stereocenters. The fourth-order valence-electron chi connectivity index (χ4n) is 6.11. The van der Waals surface area contributed by atoms with Crippen molar-refractivity contribution in [2.75, 3.05) is 44.4 Å². The summed E-state index contributed by atoms with van der Waals surface area (Å²) in [5.74, 6) is -1.10. The molecule has 3 saturated heterocycles. The first-order valence-electron chi connectivity index (χ1n) is 15.3. The highest BCUT2D eigenvalue weighted by atomic mass is 31.1. The Labute approximate surface area is 278 Å². The van der Waals surface area contributed by atoms with Crippen LogP contribution in [0.1, 0.15) is 25.3 Å². The highest BCUT2D eigenvalue weighted by molar-refractivity contribution is 7.39. The number of nitrogens with zero attached hydrogens (tertiary/aromatic N) is 8. The van der Waals surface area contributed by atoms with E-state index < -0.39 is 71.1 Å². The van der Waals surface area contributed by atoms with Gasteiger partial charge in [-0.15, -0.1) is 13.6 Å². The molecule has 6 N–H and O–H groups in total. The summed E-state index contributed by atoms with van der Waals surface area (Å²) >= 11 is 0. The van der Waals surface area contributed by atoms with Crippen LogP contribution in [0.4, 0.5) is 11.6 Å². The van der Waals surface area contributed by atoms with Gasteiger partial charge >= 0.3 is 22.3 Å². The first-order valence-corrected chi connectivity index (χ1v) is 17.7. The molecule has 0 saturated carbocycles. The van der Waals surface area contributed by atoms with E-state index in [1.165, 1.54) is 29.9 Å². The molecule has 3 fully saturated rings. The number of fused-ring (bicyclic) bond motifs is 5. The van der Waals surface area contributed by atoms with Gasteiger partial charge in [-0.3, -0.25) is 13.9 Å². The minimum Gasteiger partial charge on any atom is -0.454 e. The number of ether oxygens (including phenoxy) is 3. The van der Waals surface area contributed by atoms with E-state index in [2.05, 4.69) is 35.2 Å². The van der Waals surface area contributed by atoms with Crippen LogP contribution in [0.15, 0.2) is 25.3 Å². The Bertz CT molecular complexity index is 1880. The number of hydrogen-bond donors (Lipinski definition) is 4. The molecule has 7 rings (SSSR count). The monoisotopic (exact) mass is 721 g/mol. The summed E-state index contributed by atoms with van der Waals surface area (Å²) in [6.07, 6.45) is -2.01. The van der Waals surface area contributed by atoms with Crippen LogP contribution in [0.25, 0.3) is 22.3 Å². The molecule has 0 radical (unpaired) electrons. The van der Waals surface area contributed by atoms with Crippen molar-refractivity contribution in [3.63, 3.8) is 0 Å². The van der Waals surface area contributed by atoms with Gasteiger partial charge in [0.25, 0.3) is 0 Å². The van der Waals surface area contributed by atoms with E-state index in [1.807, 2.05) is 0 Å². The Morgan fingerprint density at radius 3 is 2.27 bits per heavy atom. The van der Waals surface area contributed by atoms with Gasteiger partial charge in [0.2, 0.25) is 0 Å². The van der Waals surface area contributed by atoms with E-state index in [1.54, 1.807) is 11.6 Å². The van der Waals surface area contributed by atoms with E-state index in [4.69, 9.17) is 39.2 Å². The quantitative estimate of drug-likeness (QED) is 0.114. The summed E-state index contributed by atoms with van der Waals surface area (Å²) < 4.78 is 65.4. The summed E-state index contributed by atoms with van der Waals surface area (Å²) in [4.78, 5) is 38.0. The largest absolute Gasteiger partial charge is 0.698 e. The molecule has 3 aliphatic heterocycles. The molecular formula is C26H33N11O10P2+2. The average Bonchev–Trinajstić information content (AvgIpc) is 3.85. The molecule has 10 atom stereocenters. The van der Waals surface area contributed by atoms with Gasteiger partial charge in [-0.2, -0.15) is 0 Å². The maximum absolute atomic E-state index is 13.5. The molecule has 2 bridgehead atoms. The van der Waals surface area contributed by atoms with Crippen molar-refractivity contribution in [2.45, 2.75) is 55.8 Å². The first-order chi connectivity index (χ1) is 23.7. The standard InChI is InChI=1S/C26H33N11O10P2/c1-29-4-2-3-15(38)46-20-19-14(45-26(20)37-11-35-17-22(28)31-9-33-24(17)37)6-42-48(40)7-12-18(39)13(5-43-49(41)47-19)44-25(12)36-10-34-16-21(27)30-8-32-23(16)36/h8-14,18-20,25-26,29,39H,2-7H2,1H3,(H2,27,30,32)(H2,28,31,33)/q+2/t12-,13-,14-,18+,19-,20-,25-,26-/m1/s1. The second kappa shape index (κ2) is 14.1. The number of carbonyl (C=O) groups excluding carboxylic acids is 1. The second-order valence-corrected chi connectivity index (χ2v) is 13.7. The van der Waals surface area contributed by atoms with Crippen LogP contribution in [0.3, 0.4) is 0 Å². The Morgan fingerprint density at radius 1 is 0.959 bits per heavy atom. The summed E-state index contributed by atoms with van der Waals surface area (Å²) in [5, 5.41) is 14.2. The third kappa shape index (κ3) is 6.56. The molecule has 260 valence electrons. The number of anilines is 2. The van der Waals surface area contributed by atoms with Crippen molar-refractivity contribution in [1.82, 2.24) is 44.4 Å². The van der Waals surface area contributed by atoms with Gasteiger partial charge in [0.1, 0.15) is 55.3 Å². The Morgan fingerprint density at radius 2 is 1.59 bits per heavy atom. The van der Waals surface area contributed by atoms with Gasteiger partial charge in [0.05, 0.1) is 24.7 Å². The zero-order valence-electron chi connectivity index (χ0n) is 25.9. The zero-order valence-corrected chi connectivity index (χ0v) is 27.7. The van der Waals surface area contributed by atoms with Crippen LogP contribution in [-0.4, -0.2) is 114 Å². The molecule has 4 aromatic heterocycles.